The van der Waals surface area contributed by atoms with Gasteiger partial charge in [0.15, 0.2) is 0 Å². The van der Waals surface area contributed by atoms with E-state index >= 15 is 0 Å². The van der Waals surface area contributed by atoms with E-state index in [2.05, 4.69) is 16.8 Å². The summed E-state index contributed by atoms with van der Waals surface area (Å²) in [6.07, 6.45) is 0. The molecule has 0 aliphatic carbocycles. The summed E-state index contributed by atoms with van der Waals surface area (Å²) in [6, 6.07) is 0.219. The van der Waals surface area contributed by atoms with Crippen LogP contribution in [-0.4, -0.2) is 37.6 Å². The van der Waals surface area contributed by atoms with Crippen LogP contribution in [0, 0.1) is 0 Å². The Morgan fingerprint density at radius 1 is 1.67 bits per heavy atom. The van der Waals surface area contributed by atoms with Crippen molar-refractivity contribution >= 4 is 0 Å². The monoisotopic (exact) mass is 172 g/mol. The van der Waals surface area contributed by atoms with Crippen LogP contribution >= 0.6 is 0 Å². The van der Waals surface area contributed by atoms with Crippen molar-refractivity contribution in [3.8, 4) is 0 Å². The Labute approximate surface area is 74.6 Å². The largest absolute Gasteiger partial charge is 0.386 e. The average Bonchev–Trinajstić information content (AvgIpc) is 1.84. The smallest absolute Gasteiger partial charge is 0.0886 e. The molecule has 0 radical (unpaired) electrons. The quantitative estimate of drug-likeness (QED) is 0.495. The number of hydrogen-bond acceptors (Lipinski definition) is 4. The van der Waals surface area contributed by atoms with E-state index in [4.69, 9.17) is 11.5 Å². The van der Waals surface area contributed by atoms with E-state index in [9.17, 15) is 0 Å². The van der Waals surface area contributed by atoms with Crippen LogP contribution in [0.25, 0.3) is 0 Å². The summed E-state index contributed by atoms with van der Waals surface area (Å²) < 4.78 is 0. The predicted octanol–water partition coefficient (Wildman–Crippen LogP) is -0.715. The van der Waals surface area contributed by atoms with Gasteiger partial charge in [-0.1, -0.05) is 6.58 Å². The standard InChI is InChI=1S/C8H20N4/c1-7(9)6-12(3)5-4-11-8(2)10/h7,11H,2,4-6,9-10H2,1,3H3. The maximum atomic E-state index is 5.62. The number of rotatable bonds is 6. The van der Waals surface area contributed by atoms with Crippen LogP contribution in [0.4, 0.5) is 0 Å². The third-order valence-electron chi connectivity index (χ3n) is 1.45. The zero-order chi connectivity index (χ0) is 9.56. The molecule has 0 rings (SSSR count). The number of nitrogens with zero attached hydrogens (tertiary/aromatic N) is 1. The molecular formula is C8H20N4. The van der Waals surface area contributed by atoms with Crippen molar-refractivity contribution in [1.82, 2.24) is 10.2 Å². The highest BCUT2D eigenvalue weighted by Gasteiger charge is 2.00. The molecule has 0 spiro atoms. The minimum Gasteiger partial charge on any atom is -0.386 e. The molecule has 4 heteroatoms. The van der Waals surface area contributed by atoms with Gasteiger partial charge in [-0.2, -0.15) is 0 Å². The number of nitrogens with one attached hydrogen (secondary N) is 1. The van der Waals surface area contributed by atoms with Gasteiger partial charge >= 0.3 is 0 Å². The zero-order valence-electron chi connectivity index (χ0n) is 8.01. The minimum atomic E-state index is 0.219. The second-order valence-corrected chi connectivity index (χ2v) is 3.19. The second-order valence-electron chi connectivity index (χ2n) is 3.19. The molecule has 72 valence electrons. The van der Waals surface area contributed by atoms with E-state index in [-0.39, 0.29) is 6.04 Å². The molecule has 0 aromatic heterocycles. The lowest BCUT2D eigenvalue weighted by atomic mass is 10.3. The van der Waals surface area contributed by atoms with Gasteiger partial charge in [-0.15, -0.1) is 0 Å². The SMILES string of the molecule is C=C(N)NCCN(C)CC(C)N. The lowest BCUT2D eigenvalue weighted by Gasteiger charge is -2.18. The van der Waals surface area contributed by atoms with E-state index < -0.39 is 0 Å². The molecule has 0 saturated carbocycles. The van der Waals surface area contributed by atoms with Crippen molar-refractivity contribution in [3.63, 3.8) is 0 Å². The van der Waals surface area contributed by atoms with Gasteiger partial charge in [0.2, 0.25) is 0 Å². The molecule has 5 N–H and O–H groups in total. The lowest BCUT2D eigenvalue weighted by Crippen LogP contribution is -2.37. The summed E-state index contributed by atoms with van der Waals surface area (Å²) in [5.41, 5.74) is 11.0. The van der Waals surface area contributed by atoms with Crippen molar-refractivity contribution in [2.24, 2.45) is 11.5 Å². The second kappa shape index (κ2) is 5.85. The van der Waals surface area contributed by atoms with E-state index in [1.165, 1.54) is 0 Å². The molecule has 0 heterocycles. The predicted molar refractivity (Wildman–Crippen MR) is 52.5 cm³/mol. The Morgan fingerprint density at radius 2 is 2.25 bits per heavy atom. The fourth-order valence-corrected chi connectivity index (χ4v) is 0.990. The molecule has 1 atom stereocenters. The van der Waals surface area contributed by atoms with E-state index in [0.717, 1.165) is 19.6 Å². The molecular weight excluding hydrogens is 152 g/mol. The van der Waals surface area contributed by atoms with Crippen molar-refractivity contribution in [3.05, 3.63) is 12.4 Å². The molecule has 0 aliphatic rings. The highest BCUT2D eigenvalue weighted by atomic mass is 15.1. The van der Waals surface area contributed by atoms with E-state index in [0.29, 0.717) is 5.82 Å². The van der Waals surface area contributed by atoms with Crippen LogP contribution < -0.4 is 16.8 Å². The van der Waals surface area contributed by atoms with Gasteiger partial charge in [0, 0.05) is 25.7 Å². The van der Waals surface area contributed by atoms with Gasteiger partial charge in [0.1, 0.15) is 0 Å². The molecule has 4 nitrogen and oxygen atoms in total. The minimum absolute atomic E-state index is 0.219. The summed E-state index contributed by atoms with van der Waals surface area (Å²) in [4.78, 5) is 2.15. The number of nitrogens with two attached hydrogens (primary N) is 2. The lowest BCUT2D eigenvalue weighted by molar-refractivity contribution is 0.319. The fourth-order valence-electron chi connectivity index (χ4n) is 0.990. The van der Waals surface area contributed by atoms with Gasteiger partial charge < -0.3 is 21.7 Å². The molecule has 0 aromatic carbocycles. The Kier molecular flexibility index (Phi) is 5.49. The van der Waals surface area contributed by atoms with Crippen LogP contribution in [0.1, 0.15) is 6.92 Å². The molecule has 0 saturated heterocycles. The van der Waals surface area contributed by atoms with Gasteiger partial charge in [0.25, 0.3) is 0 Å². The van der Waals surface area contributed by atoms with Gasteiger partial charge in [-0.3, -0.25) is 0 Å². The van der Waals surface area contributed by atoms with Crippen molar-refractivity contribution in [2.75, 3.05) is 26.7 Å². The van der Waals surface area contributed by atoms with Gasteiger partial charge in [-0.05, 0) is 14.0 Å². The summed E-state index contributed by atoms with van der Waals surface area (Å²) in [5, 5.41) is 2.95. The third kappa shape index (κ3) is 7.37. The zero-order valence-corrected chi connectivity index (χ0v) is 8.01. The summed E-state index contributed by atoms with van der Waals surface area (Å²) in [6.45, 7) is 8.18. The summed E-state index contributed by atoms with van der Waals surface area (Å²) in [5.74, 6) is 0.518. The highest BCUT2D eigenvalue weighted by Crippen LogP contribution is 1.84. The van der Waals surface area contributed by atoms with Crippen LogP contribution in [0.15, 0.2) is 12.4 Å². The maximum Gasteiger partial charge on any atom is 0.0886 e. The van der Waals surface area contributed by atoms with Crippen LogP contribution in [-0.2, 0) is 0 Å². The third-order valence-corrected chi connectivity index (χ3v) is 1.45. The van der Waals surface area contributed by atoms with Crippen LogP contribution in [0.5, 0.6) is 0 Å². The average molecular weight is 172 g/mol. The maximum absolute atomic E-state index is 5.62. The van der Waals surface area contributed by atoms with Crippen molar-refractivity contribution in [2.45, 2.75) is 13.0 Å². The van der Waals surface area contributed by atoms with Crippen molar-refractivity contribution in [1.29, 1.82) is 0 Å². The number of likely N-dealkylation sites (N-methyl/N-ethyl adjacent to an activating group) is 1. The first kappa shape index (κ1) is 11.3. The molecule has 12 heavy (non-hydrogen) atoms. The van der Waals surface area contributed by atoms with Crippen molar-refractivity contribution < 1.29 is 0 Å². The normalized spacial score (nSPS) is 13.0. The summed E-state index contributed by atoms with van der Waals surface area (Å²) >= 11 is 0. The van der Waals surface area contributed by atoms with E-state index in [1.807, 2.05) is 14.0 Å². The molecule has 0 amide bonds. The molecule has 0 fully saturated rings. The summed E-state index contributed by atoms with van der Waals surface area (Å²) in [7, 11) is 2.03. The Morgan fingerprint density at radius 3 is 2.67 bits per heavy atom. The van der Waals surface area contributed by atoms with Crippen LogP contribution in [0.3, 0.4) is 0 Å². The topological polar surface area (TPSA) is 67.3 Å². The first-order valence-corrected chi connectivity index (χ1v) is 4.14. The number of hydrogen-bond donors (Lipinski definition) is 3. The molecule has 0 aliphatic heterocycles. The molecule has 0 aromatic rings. The van der Waals surface area contributed by atoms with Crippen LogP contribution in [0.2, 0.25) is 0 Å². The first-order valence-electron chi connectivity index (χ1n) is 4.14. The Bertz CT molecular complexity index is 133. The molecule has 1 unspecified atom stereocenters. The van der Waals surface area contributed by atoms with Gasteiger partial charge in [-0.25, -0.2) is 0 Å². The Balaban J connectivity index is 3.31. The molecule has 0 bridgehead atoms. The Hall–Kier alpha value is -0.740. The highest BCUT2D eigenvalue weighted by molar-refractivity contribution is 4.82. The fraction of sp³-hybridized carbons (Fsp3) is 0.750. The van der Waals surface area contributed by atoms with Gasteiger partial charge in [0.05, 0.1) is 5.82 Å². The first-order chi connectivity index (χ1) is 5.52. The van der Waals surface area contributed by atoms with E-state index in [1.54, 1.807) is 0 Å².